The number of nitrogens with one attached hydrogen (secondary N) is 1. The largest absolute Gasteiger partial charge is 0.478 e. The Bertz CT molecular complexity index is 1480. The van der Waals surface area contributed by atoms with E-state index in [1.807, 2.05) is 4.90 Å². The predicted octanol–water partition coefficient (Wildman–Crippen LogP) is 7.07. The van der Waals surface area contributed by atoms with Gasteiger partial charge in [-0.15, -0.1) is 0 Å². The molecule has 1 unspecified atom stereocenters. The molecule has 2 aromatic carbocycles. The van der Waals surface area contributed by atoms with Crippen molar-refractivity contribution in [1.29, 1.82) is 0 Å². The van der Waals surface area contributed by atoms with Crippen LogP contribution >= 0.6 is 11.3 Å². The number of rotatable bonds is 12. The van der Waals surface area contributed by atoms with E-state index in [1.165, 1.54) is 6.92 Å². The van der Waals surface area contributed by atoms with Crippen molar-refractivity contribution in [2.45, 2.75) is 45.6 Å². The zero-order valence-corrected chi connectivity index (χ0v) is 25.0. The maximum absolute atomic E-state index is 16.1. The summed E-state index contributed by atoms with van der Waals surface area (Å²) in [6, 6.07) is 6.71. The second-order valence-electron chi connectivity index (χ2n) is 10.1. The van der Waals surface area contributed by atoms with Crippen LogP contribution < -0.4 is 10.2 Å². The van der Waals surface area contributed by atoms with Gasteiger partial charge < -0.3 is 19.5 Å². The Balaban J connectivity index is 1.68. The van der Waals surface area contributed by atoms with Crippen LogP contribution in [0.1, 0.15) is 67.1 Å². The van der Waals surface area contributed by atoms with E-state index in [1.54, 1.807) is 25.3 Å². The number of morpholine rings is 1. The predicted molar refractivity (Wildman–Crippen MR) is 160 cm³/mol. The number of thiazole rings is 1. The fraction of sp³-hybridized carbons (Fsp3) is 0.387. The molecule has 1 aliphatic rings. The Hall–Kier alpha value is -3.74. The normalized spacial score (nSPS) is 14.6. The Morgan fingerprint density at radius 1 is 1.19 bits per heavy atom. The SMILES string of the molecule is CCCCCC(OC)c1cccc(-c2nc(NC(=O)c3cc(F)c(/C=C(\C)C(=O)O)c(F)c3)sc2N2CCOCC2)c1F. The van der Waals surface area contributed by atoms with Gasteiger partial charge in [-0.05, 0) is 37.6 Å². The molecule has 1 amide bonds. The standard InChI is InChI=1S/C31H34F3N3O5S/c1-4-5-6-10-25(41-3)20-8-7-9-21(26(20)34)27-29(37-11-13-42-14-12-37)43-31(35-27)36-28(38)19-16-23(32)22(24(33)17-19)15-18(2)30(39)40/h7-9,15-17,25H,4-6,10-14H2,1-3H3,(H,39,40)(H,35,36,38)/b18-15+. The monoisotopic (exact) mass is 617 g/mol. The van der Waals surface area contributed by atoms with Gasteiger partial charge in [-0.25, -0.2) is 22.9 Å². The first kappa shape index (κ1) is 32.2. The summed E-state index contributed by atoms with van der Waals surface area (Å²) in [6.45, 7) is 5.29. The molecular weight excluding hydrogens is 583 g/mol. The minimum atomic E-state index is -1.33. The highest BCUT2D eigenvalue weighted by molar-refractivity contribution is 7.20. The second kappa shape index (κ2) is 14.6. The van der Waals surface area contributed by atoms with Crippen LogP contribution in [0.3, 0.4) is 0 Å². The van der Waals surface area contributed by atoms with Crippen LogP contribution in [0.25, 0.3) is 17.3 Å². The number of aromatic nitrogens is 1. The number of anilines is 2. The molecule has 12 heteroatoms. The van der Waals surface area contributed by atoms with Gasteiger partial charge in [0.05, 0.1) is 19.3 Å². The van der Waals surface area contributed by atoms with Gasteiger partial charge in [-0.2, -0.15) is 0 Å². The lowest BCUT2D eigenvalue weighted by Crippen LogP contribution is -2.36. The molecule has 8 nitrogen and oxygen atoms in total. The van der Waals surface area contributed by atoms with Gasteiger partial charge in [0, 0.05) is 48.0 Å². The third-order valence-electron chi connectivity index (χ3n) is 7.15. The lowest BCUT2D eigenvalue weighted by atomic mass is 9.99. The van der Waals surface area contributed by atoms with Crippen LogP contribution in [0, 0.1) is 17.5 Å². The number of hydrogen-bond donors (Lipinski definition) is 2. The second-order valence-corrected chi connectivity index (χ2v) is 11.1. The molecule has 2 N–H and O–H groups in total. The number of ether oxygens (including phenoxy) is 2. The molecule has 1 aliphatic heterocycles. The molecule has 2 heterocycles. The average molecular weight is 618 g/mol. The molecule has 0 spiro atoms. The molecule has 4 rings (SSSR count). The number of carboxylic acids is 1. The Labute approximate surface area is 252 Å². The third-order valence-corrected chi connectivity index (χ3v) is 8.18. The van der Waals surface area contributed by atoms with Crippen molar-refractivity contribution in [3.63, 3.8) is 0 Å². The van der Waals surface area contributed by atoms with Gasteiger partial charge in [0.25, 0.3) is 5.91 Å². The first-order chi connectivity index (χ1) is 20.6. The van der Waals surface area contributed by atoms with Crippen molar-refractivity contribution in [2.24, 2.45) is 0 Å². The van der Waals surface area contributed by atoms with Crippen molar-refractivity contribution < 1.29 is 37.3 Å². The number of hydrogen-bond acceptors (Lipinski definition) is 7. The molecular formula is C31H34F3N3O5S. The van der Waals surface area contributed by atoms with Gasteiger partial charge in [-0.3, -0.25) is 10.1 Å². The van der Waals surface area contributed by atoms with Gasteiger partial charge in [0.2, 0.25) is 0 Å². The van der Waals surface area contributed by atoms with E-state index in [2.05, 4.69) is 17.2 Å². The van der Waals surface area contributed by atoms with Crippen LogP contribution in [0.15, 0.2) is 35.9 Å². The number of nitrogens with zero attached hydrogens (tertiary/aromatic N) is 2. The quantitative estimate of drug-likeness (QED) is 0.166. The van der Waals surface area contributed by atoms with E-state index in [-0.39, 0.29) is 21.8 Å². The van der Waals surface area contributed by atoms with Crippen molar-refractivity contribution in [2.75, 3.05) is 43.6 Å². The maximum atomic E-state index is 16.1. The van der Waals surface area contributed by atoms with Gasteiger partial charge >= 0.3 is 5.97 Å². The third kappa shape index (κ3) is 7.62. The minimum Gasteiger partial charge on any atom is -0.478 e. The Kier molecular flexibility index (Phi) is 10.9. The van der Waals surface area contributed by atoms with Crippen LogP contribution in [0.2, 0.25) is 0 Å². The summed E-state index contributed by atoms with van der Waals surface area (Å²) >= 11 is 1.12. The summed E-state index contributed by atoms with van der Waals surface area (Å²) in [7, 11) is 1.56. The molecule has 1 fully saturated rings. The molecule has 3 aromatic rings. The highest BCUT2D eigenvalue weighted by Gasteiger charge is 2.26. The first-order valence-electron chi connectivity index (χ1n) is 14.0. The molecule has 1 saturated heterocycles. The number of carbonyl (C=O) groups is 2. The fourth-order valence-corrected chi connectivity index (χ4v) is 5.81. The fourth-order valence-electron chi connectivity index (χ4n) is 4.78. The van der Waals surface area contributed by atoms with Crippen molar-refractivity contribution in [3.8, 4) is 11.3 Å². The smallest absolute Gasteiger partial charge is 0.331 e. The molecule has 0 saturated carbocycles. The molecule has 0 bridgehead atoms. The zero-order valence-electron chi connectivity index (χ0n) is 24.2. The Morgan fingerprint density at radius 3 is 2.51 bits per heavy atom. The van der Waals surface area contributed by atoms with Crippen LogP contribution in [0.4, 0.5) is 23.3 Å². The summed E-state index contributed by atoms with van der Waals surface area (Å²) in [6.07, 6.45) is 4.01. The van der Waals surface area contributed by atoms with E-state index in [9.17, 15) is 18.4 Å². The summed E-state index contributed by atoms with van der Waals surface area (Å²) in [4.78, 5) is 30.7. The molecule has 0 aliphatic carbocycles. The van der Waals surface area contributed by atoms with Gasteiger partial charge in [0.1, 0.15) is 28.1 Å². The summed E-state index contributed by atoms with van der Waals surface area (Å²) in [5, 5.41) is 12.3. The molecule has 0 radical (unpaired) electrons. The minimum absolute atomic E-state index is 0.115. The van der Waals surface area contributed by atoms with Gasteiger partial charge in [0.15, 0.2) is 5.13 Å². The molecule has 230 valence electrons. The number of aliphatic carboxylic acids is 1. The van der Waals surface area contributed by atoms with E-state index in [4.69, 9.17) is 14.6 Å². The number of amides is 1. The number of unbranched alkanes of at least 4 members (excludes halogenated alkanes) is 2. The highest BCUT2D eigenvalue weighted by atomic mass is 32.1. The van der Waals surface area contributed by atoms with E-state index in [0.717, 1.165) is 48.8 Å². The van der Waals surface area contributed by atoms with Crippen LogP contribution in [-0.4, -0.2) is 55.4 Å². The number of halogens is 3. The van der Waals surface area contributed by atoms with Crippen LogP contribution in [-0.2, 0) is 14.3 Å². The van der Waals surface area contributed by atoms with Crippen molar-refractivity contribution in [1.82, 2.24) is 4.98 Å². The zero-order chi connectivity index (χ0) is 31.1. The molecule has 43 heavy (non-hydrogen) atoms. The number of benzene rings is 2. The van der Waals surface area contributed by atoms with E-state index in [0.29, 0.717) is 49.0 Å². The topological polar surface area (TPSA) is 101 Å². The summed E-state index contributed by atoms with van der Waals surface area (Å²) in [5.41, 5.74) is -0.173. The highest BCUT2D eigenvalue weighted by Crippen LogP contribution is 2.42. The number of carboxylic acid groups (broad SMARTS) is 1. The van der Waals surface area contributed by atoms with E-state index < -0.39 is 41.0 Å². The van der Waals surface area contributed by atoms with E-state index >= 15 is 4.39 Å². The Morgan fingerprint density at radius 2 is 1.88 bits per heavy atom. The number of carbonyl (C=O) groups excluding carboxylic acids is 1. The molecule has 1 atom stereocenters. The van der Waals surface area contributed by atoms with Crippen molar-refractivity contribution >= 4 is 39.4 Å². The lowest BCUT2D eigenvalue weighted by Gasteiger charge is -2.28. The first-order valence-corrected chi connectivity index (χ1v) is 14.8. The lowest BCUT2D eigenvalue weighted by molar-refractivity contribution is -0.132. The van der Waals surface area contributed by atoms with Crippen LogP contribution in [0.5, 0.6) is 0 Å². The van der Waals surface area contributed by atoms with Gasteiger partial charge in [-0.1, -0.05) is 49.7 Å². The van der Waals surface area contributed by atoms with Crippen molar-refractivity contribution in [3.05, 3.63) is 70.0 Å². The average Bonchev–Trinajstić information content (AvgIpc) is 3.41. The maximum Gasteiger partial charge on any atom is 0.331 e. The number of methoxy groups -OCH3 is 1. The molecule has 1 aromatic heterocycles. The summed E-state index contributed by atoms with van der Waals surface area (Å²) in [5.74, 6) is -4.81. The summed E-state index contributed by atoms with van der Waals surface area (Å²) < 4.78 is 56.6.